The van der Waals surface area contributed by atoms with Gasteiger partial charge in [-0.1, -0.05) is 30.3 Å². The van der Waals surface area contributed by atoms with Crippen LogP contribution in [-0.4, -0.2) is 41.0 Å². The van der Waals surface area contributed by atoms with Crippen molar-refractivity contribution in [1.29, 1.82) is 0 Å². The first-order valence-electron chi connectivity index (χ1n) is 6.72. The lowest BCUT2D eigenvalue weighted by molar-refractivity contribution is -0.130. The van der Waals surface area contributed by atoms with E-state index in [0.717, 1.165) is 31.5 Å². The Kier molecular flexibility index (Phi) is 5.28. The highest BCUT2D eigenvalue weighted by Crippen LogP contribution is 2.30. The quantitative estimate of drug-likeness (QED) is 0.919. The van der Waals surface area contributed by atoms with Crippen molar-refractivity contribution >= 4 is 17.7 Å². The smallest absolute Gasteiger partial charge is 0.232 e. The monoisotopic (exact) mass is 279 g/mol. The van der Waals surface area contributed by atoms with Gasteiger partial charge in [-0.05, 0) is 30.6 Å². The van der Waals surface area contributed by atoms with E-state index >= 15 is 0 Å². The number of carbonyl (C=O) groups excluding carboxylic acids is 1. The minimum Gasteiger partial charge on any atom is -0.388 e. The second kappa shape index (κ2) is 6.96. The van der Waals surface area contributed by atoms with Crippen molar-refractivity contribution in [3.8, 4) is 0 Å². The molecule has 1 amide bonds. The second-order valence-electron chi connectivity index (χ2n) is 5.01. The number of hydrogen-bond donors (Lipinski definition) is 1. The van der Waals surface area contributed by atoms with Crippen LogP contribution in [0.15, 0.2) is 30.3 Å². The molecule has 0 saturated carbocycles. The van der Waals surface area contributed by atoms with Crippen molar-refractivity contribution in [3.63, 3.8) is 0 Å². The molecule has 1 aromatic carbocycles. The highest BCUT2D eigenvalue weighted by atomic mass is 32.2. The Hall–Kier alpha value is -1.00. The number of aliphatic hydroxyl groups is 1. The van der Waals surface area contributed by atoms with Crippen LogP contribution in [0.2, 0.25) is 0 Å². The minimum absolute atomic E-state index is 0.222. The van der Waals surface area contributed by atoms with Crippen molar-refractivity contribution in [2.45, 2.75) is 18.9 Å². The van der Waals surface area contributed by atoms with Gasteiger partial charge >= 0.3 is 0 Å². The van der Waals surface area contributed by atoms with Crippen molar-refractivity contribution in [2.24, 2.45) is 5.92 Å². The zero-order valence-electron chi connectivity index (χ0n) is 11.3. The average molecular weight is 279 g/mol. The van der Waals surface area contributed by atoms with Crippen LogP contribution in [0, 0.1) is 5.92 Å². The normalized spacial score (nSPS) is 18.3. The maximum absolute atomic E-state index is 11.8. The summed E-state index contributed by atoms with van der Waals surface area (Å²) in [6.45, 7) is 1.54. The van der Waals surface area contributed by atoms with E-state index in [4.69, 9.17) is 0 Å². The fourth-order valence-electron chi connectivity index (χ4n) is 2.60. The molecule has 1 fully saturated rings. The lowest BCUT2D eigenvalue weighted by atomic mass is 9.87. The molecule has 0 bridgehead atoms. The van der Waals surface area contributed by atoms with Gasteiger partial charge < -0.3 is 10.0 Å². The minimum atomic E-state index is -0.404. The summed E-state index contributed by atoms with van der Waals surface area (Å²) >= 11 is 1.57. The third-order valence-electron chi connectivity index (χ3n) is 3.75. The average Bonchev–Trinajstić information content (AvgIpc) is 2.48. The zero-order valence-corrected chi connectivity index (χ0v) is 12.1. The molecule has 1 atom stereocenters. The molecule has 104 valence electrons. The maximum Gasteiger partial charge on any atom is 0.232 e. The Morgan fingerprint density at radius 1 is 1.37 bits per heavy atom. The Morgan fingerprint density at radius 2 is 2.00 bits per heavy atom. The van der Waals surface area contributed by atoms with Gasteiger partial charge in [0.05, 0.1) is 11.9 Å². The van der Waals surface area contributed by atoms with E-state index in [2.05, 4.69) is 0 Å². The number of piperidine rings is 1. The van der Waals surface area contributed by atoms with Crippen molar-refractivity contribution in [1.82, 2.24) is 4.90 Å². The Balaban J connectivity index is 1.88. The van der Waals surface area contributed by atoms with Crippen molar-refractivity contribution < 1.29 is 9.90 Å². The van der Waals surface area contributed by atoms with Crippen LogP contribution in [0.5, 0.6) is 0 Å². The number of thioether (sulfide) groups is 1. The largest absolute Gasteiger partial charge is 0.388 e. The van der Waals surface area contributed by atoms with Gasteiger partial charge in [-0.15, -0.1) is 0 Å². The molecule has 0 spiro atoms. The molecule has 3 nitrogen and oxygen atoms in total. The van der Waals surface area contributed by atoms with E-state index < -0.39 is 6.10 Å². The lowest BCUT2D eigenvalue weighted by Crippen LogP contribution is -2.40. The molecular formula is C15H21NO2S. The topological polar surface area (TPSA) is 40.5 Å². The lowest BCUT2D eigenvalue weighted by Gasteiger charge is -2.34. The molecule has 0 aromatic heterocycles. The number of rotatable bonds is 4. The van der Waals surface area contributed by atoms with Gasteiger partial charge in [0, 0.05) is 13.1 Å². The van der Waals surface area contributed by atoms with Gasteiger partial charge in [0.1, 0.15) is 0 Å². The number of nitrogens with zero attached hydrogens (tertiary/aromatic N) is 1. The van der Waals surface area contributed by atoms with E-state index in [1.54, 1.807) is 11.8 Å². The number of carbonyl (C=O) groups is 1. The molecule has 1 aliphatic heterocycles. The van der Waals surface area contributed by atoms with Crippen molar-refractivity contribution in [2.75, 3.05) is 25.1 Å². The van der Waals surface area contributed by atoms with E-state index in [1.807, 2.05) is 41.5 Å². The van der Waals surface area contributed by atoms with Crippen LogP contribution in [0.1, 0.15) is 24.5 Å². The predicted molar refractivity (Wildman–Crippen MR) is 79.1 cm³/mol. The summed E-state index contributed by atoms with van der Waals surface area (Å²) in [6.07, 6.45) is 3.31. The molecule has 0 radical (unpaired) electrons. The van der Waals surface area contributed by atoms with Crippen LogP contribution in [0.25, 0.3) is 0 Å². The van der Waals surface area contributed by atoms with E-state index in [-0.39, 0.29) is 11.8 Å². The number of aliphatic hydroxyl groups excluding tert-OH is 1. The SMILES string of the molecule is CSCC(=O)N1CCC(C(O)c2ccccc2)CC1. The predicted octanol–water partition coefficient (Wildman–Crippen LogP) is 2.32. The van der Waals surface area contributed by atoms with Gasteiger partial charge in [-0.25, -0.2) is 0 Å². The summed E-state index contributed by atoms with van der Waals surface area (Å²) in [7, 11) is 0. The fraction of sp³-hybridized carbons (Fsp3) is 0.533. The molecule has 1 aliphatic rings. The third-order valence-corrected chi connectivity index (χ3v) is 4.28. The molecular weight excluding hydrogens is 258 g/mol. The third kappa shape index (κ3) is 3.74. The first kappa shape index (κ1) is 14.4. The number of amides is 1. The maximum atomic E-state index is 11.8. The van der Waals surface area contributed by atoms with Crippen LogP contribution in [0.3, 0.4) is 0 Å². The van der Waals surface area contributed by atoms with Gasteiger partial charge in [0.2, 0.25) is 5.91 Å². The molecule has 1 heterocycles. The molecule has 1 N–H and O–H groups in total. The molecule has 1 aromatic rings. The number of benzene rings is 1. The number of hydrogen-bond acceptors (Lipinski definition) is 3. The highest BCUT2D eigenvalue weighted by molar-refractivity contribution is 7.99. The van der Waals surface area contributed by atoms with E-state index in [1.165, 1.54) is 0 Å². The first-order valence-corrected chi connectivity index (χ1v) is 8.11. The summed E-state index contributed by atoms with van der Waals surface area (Å²) in [5.41, 5.74) is 0.983. The first-order chi connectivity index (χ1) is 9.22. The highest BCUT2D eigenvalue weighted by Gasteiger charge is 2.27. The van der Waals surface area contributed by atoms with Crippen LogP contribution in [-0.2, 0) is 4.79 Å². The van der Waals surface area contributed by atoms with E-state index in [0.29, 0.717) is 5.75 Å². The Morgan fingerprint density at radius 3 is 2.58 bits per heavy atom. The molecule has 0 aliphatic carbocycles. The number of likely N-dealkylation sites (tertiary alicyclic amines) is 1. The summed E-state index contributed by atoms with van der Waals surface area (Å²) in [5.74, 6) is 1.05. The van der Waals surface area contributed by atoms with Crippen LogP contribution >= 0.6 is 11.8 Å². The van der Waals surface area contributed by atoms with Gasteiger partial charge in [-0.2, -0.15) is 11.8 Å². The second-order valence-corrected chi connectivity index (χ2v) is 5.87. The van der Waals surface area contributed by atoms with Gasteiger partial charge in [0.25, 0.3) is 0 Å². The molecule has 19 heavy (non-hydrogen) atoms. The Labute approximate surface area is 119 Å². The van der Waals surface area contributed by atoms with Crippen molar-refractivity contribution in [3.05, 3.63) is 35.9 Å². The van der Waals surface area contributed by atoms with Crippen LogP contribution in [0.4, 0.5) is 0 Å². The molecule has 2 rings (SSSR count). The van der Waals surface area contributed by atoms with E-state index in [9.17, 15) is 9.90 Å². The fourth-order valence-corrected chi connectivity index (χ4v) is 3.03. The summed E-state index contributed by atoms with van der Waals surface area (Å²) in [4.78, 5) is 13.7. The Bertz CT molecular complexity index is 402. The van der Waals surface area contributed by atoms with Gasteiger partial charge in [-0.3, -0.25) is 4.79 Å². The molecule has 1 unspecified atom stereocenters. The van der Waals surface area contributed by atoms with Crippen LogP contribution < -0.4 is 0 Å². The molecule has 4 heteroatoms. The summed E-state index contributed by atoms with van der Waals surface area (Å²) in [6, 6.07) is 9.80. The summed E-state index contributed by atoms with van der Waals surface area (Å²) in [5, 5.41) is 10.4. The zero-order chi connectivity index (χ0) is 13.7. The van der Waals surface area contributed by atoms with Gasteiger partial charge in [0.15, 0.2) is 0 Å². The summed E-state index contributed by atoms with van der Waals surface area (Å²) < 4.78 is 0. The molecule has 1 saturated heterocycles. The standard InChI is InChI=1S/C15H21NO2S/c1-19-11-14(17)16-9-7-13(8-10-16)15(18)12-5-3-2-4-6-12/h2-6,13,15,18H,7-11H2,1H3.